The zero-order valence-corrected chi connectivity index (χ0v) is 12.2. The fourth-order valence-corrected chi connectivity index (χ4v) is 1.53. The van der Waals surface area contributed by atoms with E-state index >= 15 is 0 Å². The van der Waals surface area contributed by atoms with Gasteiger partial charge in [0.2, 0.25) is 11.8 Å². The molecule has 0 radical (unpaired) electrons. The molecule has 2 amide bonds. The van der Waals surface area contributed by atoms with Crippen LogP contribution in [-0.4, -0.2) is 18.4 Å². The molecule has 1 aromatic rings. The van der Waals surface area contributed by atoms with Gasteiger partial charge in [0.25, 0.3) is 0 Å². The van der Waals surface area contributed by atoms with Crippen LogP contribution in [0.2, 0.25) is 5.02 Å². The third-order valence-electron chi connectivity index (χ3n) is 2.43. The summed E-state index contributed by atoms with van der Waals surface area (Å²) in [6, 6.07) is 6.94. The second-order valence-electron chi connectivity index (χ2n) is 5.31. The molecular formula is C14H19ClN2O2. The molecule has 0 spiro atoms. The van der Waals surface area contributed by atoms with Crippen molar-refractivity contribution < 1.29 is 9.59 Å². The molecule has 0 saturated carbocycles. The van der Waals surface area contributed by atoms with Crippen LogP contribution in [0, 0.1) is 5.41 Å². The minimum Gasteiger partial charge on any atom is -0.355 e. The SMILES string of the molecule is CC(C)(C)C(=O)NCCC(=O)Nc1cccc(Cl)c1. The molecule has 0 fully saturated rings. The van der Waals surface area contributed by atoms with Gasteiger partial charge >= 0.3 is 0 Å². The molecule has 104 valence electrons. The van der Waals surface area contributed by atoms with Crippen molar-refractivity contribution in [2.75, 3.05) is 11.9 Å². The number of amides is 2. The van der Waals surface area contributed by atoms with Crippen molar-refractivity contribution in [1.82, 2.24) is 5.32 Å². The molecule has 0 heterocycles. The summed E-state index contributed by atoms with van der Waals surface area (Å²) < 4.78 is 0. The largest absolute Gasteiger partial charge is 0.355 e. The summed E-state index contributed by atoms with van der Waals surface area (Å²) in [7, 11) is 0. The highest BCUT2D eigenvalue weighted by Crippen LogP contribution is 2.15. The average molecular weight is 283 g/mol. The lowest BCUT2D eigenvalue weighted by Crippen LogP contribution is -2.36. The first kappa shape index (κ1) is 15.5. The highest BCUT2D eigenvalue weighted by Gasteiger charge is 2.20. The number of halogens is 1. The molecule has 5 heteroatoms. The molecule has 4 nitrogen and oxygen atoms in total. The number of hydrogen-bond donors (Lipinski definition) is 2. The minimum absolute atomic E-state index is 0.0666. The van der Waals surface area contributed by atoms with E-state index in [-0.39, 0.29) is 18.2 Å². The maximum atomic E-state index is 11.6. The molecule has 0 aliphatic carbocycles. The summed E-state index contributed by atoms with van der Waals surface area (Å²) >= 11 is 5.82. The zero-order valence-electron chi connectivity index (χ0n) is 11.4. The van der Waals surface area contributed by atoms with Gasteiger partial charge in [-0.3, -0.25) is 9.59 Å². The van der Waals surface area contributed by atoms with Crippen molar-refractivity contribution in [2.45, 2.75) is 27.2 Å². The zero-order chi connectivity index (χ0) is 14.5. The van der Waals surface area contributed by atoms with Crippen molar-refractivity contribution in [3.05, 3.63) is 29.3 Å². The van der Waals surface area contributed by atoms with Crippen LogP contribution in [0.15, 0.2) is 24.3 Å². The number of benzene rings is 1. The highest BCUT2D eigenvalue weighted by atomic mass is 35.5. The summed E-state index contributed by atoms with van der Waals surface area (Å²) in [5.41, 5.74) is 0.211. The maximum absolute atomic E-state index is 11.6. The second-order valence-corrected chi connectivity index (χ2v) is 5.75. The molecular weight excluding hydrogens is 264 g/mol. The van der Waals surface area contributed by atoms with Gasteiger partial charge < -0.3 is 10.6 Å². The van der Waals surface area contributed by atoms with Crippen LogP contribution in [0.5, 0.6) is 0 Å². The van der Waals surface area contributed by atoms with Gasteiger partial charge in [-0.25, -0.2) is 0 Å². The van der Waals surface area contributed by atoms with Crippen LogP contribution in [0.3, 0.4) is 0 Å². The first-order valence-electron chi connectivity index (χ1n) is 6.13. The normalized spacial score (nSPS) is 10.9. The van der Waals surface area contributed by atoms with Crippen LogP contribution in [0.1, 0.15) is 27.2 Å². The summed E-state index contributed by atoms with van der Waals surface area (Å²) in [5.74, 6) is -0.223. The molecule has 1 rings (SSSR count). The minimum atomic E-state index is -0.441. The number of rotatable bonds is 4. The van der Waals surface area contributed by atoms with Gasteiger partial charge in [-0.1, -0.05) is 38.4 Å². The molecule has 2 N–H and O–H groups in total. The van der Waals surface area contributed by atoms with Gasteiger partial charge in [-0.15, -0.1) is 0 Å². The monoisotopic (exact) mass is 282 g/mol. The van der Waals surface area contributed by atoms with Gasteiger partial charge in [-0.2, -0.15) is 0 Å². The topological polar surface area (TPSA) is 58.2 Å². The Balaban J connectivity index is 2.35. The van der Waals surface area contributed by atoms with Crippen LogP contribution in [0.25, 0.3) is 0 Å². The lowest BCUT2D eigenvalue weighted by molar-refractivity contribution is -0.128. The standard InChI is InChI=1S/C14H19ClN2O2/c1-14(2,3)13(19)16-8-7-12(18)17-11-6-4-5-10(15)9-11/h4-6,9H,7-8H2,1-3H3,(H,16,19)(H,17,18). The van der Waals surface area contributed by atoms with Gasteiger partial charge in [0, 0.05) is 29.1 Å². The molecule has 19 heavy (non-hydrogen) atoms. The number of nitrogens with one attached hydrogen (secondary N) is 2. The number of carbonyl (C=O) groups is 2. The first-order chi connectivity index (χ1) is 8.79. The van der Waals surface area contributed by atoms with Crippen LogP contribution >= 0.6 is 11.6 Å². The average Bonchev–Trinajstić information content (AvgIpc) is 2.27. The van der Waals surface area contributed by atoms with E-state index in [2.05, 4.69) is 10.6 Å². The van der Waals surface area contributed by atoms with E-state index < -0.39 is 5.41 Å². The Hall–Kier alpha value is -1.55. The molecule has 0 unspecified atom stereocenters. The Kier molecular flexibility index (Phi) is 5.36. The predicted molar refractivity (Wildman–Crippen MR) is 77.2 cm³/mol. The van der Waals surface area contributed by atoms with E-state index in [0.29, 0.717) is 17.3 Å². The number of hydrogen-bond acceptors (Lipinski definition) is 2. The van der Waals surface area contributed by atoms with Crippen LogP contribution in [0.4, 0.5) is 5.69 Å². The van der Waals surface area contributed by atoms with Gasteiger partial charge in [0.1, 0.15) is 0 Å². The summed E-state index contributed by atoms with van der Waals surface area (Å²) in [6.45, 7) is 5.81. The Labute approximate surface area is 118 Å². The molecule has 0 atom stereocenters. The Bertz CT molecular complexity index is 467. The van der Waals surface area contributed by atoms with Crippen molar-refractivity contribution >= 4 is 29.1 Å². The molecule has 1 aromatic carbocycles. The molecule has 0 bridgehead atoms. The molecule has 0 saturated heterocycles. The lowest BCUT2D eigenvalue weighted by Gasteiger charge is -2.17. The quantitative estimate of drug-likeness (QED) is 0.892. The Morgan fingerprint density at radius 1 is 1.26 bits per heavy atom. The number of anilines is 1. The van der Waals surface area contributed by atoms with Crippen molar-refractivity contribution in [3.8, 4) is 0 Å². The fraction of sp³-hybridized carbons (Fsp3) is 0.429. The van der Waals surface area contributed by atoms with Crippen LogP contribution in [-0.2, 0) is 9.59 Å². The first-order valence-corrected chi connectivity index (χ1v) is 6.50. The van der Waals surface area contributed by atoms with E-state index in [1.807, 2.05) is 20.8 Å². The smallest absolute Gasteiger partial charge is 0.226 e. The van der Waals surface area contributed by atoms with E-state index in [4.69, 9.17) is 11.6 Å². The van der Waals surface area contributed by atoms with Crippen molar-refractivity contribution in [1.29, 1.82) is 0 Å². The molecule has 0 aliphatic rings. The fourth-order valence-electron chi connectivity index (χ4n) is 1.34. The second kappa shape index (κ2) is 6.57. The van der Waals surface area contributed by atoms with Gasteiger partial charge in [0.15, 0.2) is 0 Å². The molecule has 0 aromatic heterocycles. The third kappa shape index (κ3) is 5.75. The summed E-state index contributed by atoms with van der Waals surface area (Å²) in [6.07, 6.45) is 0.230. The summed E-state index contributed by atoms with van der Waals surface area (Å²) in [4.78, 5) is 23.2. The summed E-state index contributed by atoms with van der Waals surface area (Å²) in [5, 5.41) is 6.01. The van der Waals surface area contributed by atoms with E-state index in [1.54, 1.807) is 24.3 Å². The van der Waals surface area contributed by atoms with Gasteiger partial charge in [0.05, 0.1) is 0 Å². The van der Waals surface area contributed by atoms with E-state index in [9.17, 15) is 9.59 Å². The van der Waals surface area contributed by atoms with E-state index in [0.717, 1.165) is 0 Å². The molecule has 0 aliphatic heterocycles. The Morgan fingerprint density at radius 3 is 2.53 bits per heavy atom. The highest BCUT2D eigenvalue weighted by molar-refractivity contribution is 6.30. The number of carbonyl (C=O) groups excluding carboxylic acids is 2. The Morgan fingerprint density at radius 2 is 1.95 bits per heavy atom. The van der Waals surface area contributed by atoms with Crippen molar-refractivity contribution in [3.63, 3.8) is 0 Å². The predicted octanol–water partition coefficient (Wildman–Crippen LogP) is 2.83. The van der Waals surface area contributed by atoms with Gasteiger partial charge in [-0.05, 0) is 18.2 Å². The van der Waals surface area contributed by atoms with E-state index in [1.165, 1.54) is 0 Å². The maximum Gasteiger partial charge on any atom is 0.226 e. The van der Waals surface area contributed by atoms with Crippen molar-refractivity contribution in [2.24, 2.45) is 5.41 Å². The third-order valence-corrected chi connectivity index (χ3v) is 2.66. The van der Waals surface area contributed by atoms with Crippen LogP contribution < -0.4 is 10.6 Å². The lowest BCUT2D eigenvalue weighted by atomic mass is 9.96.